The summed E-state index contributed by atoms with van der Waals surface area (Å²) >= 11 is 0. The van der Waals surface area contributed by atoms with Crippen molar-refractivity contribution in [3.63, 3.8) is 0 Å². The number of benzene rings is 3. The molecule has 140 valence electrons. The lowest BCUT2D eigenvalue weighted by Gasteiger charge is -2.06. The molecule has 5 nitrogen and oxygen atoms in total. The lowest BCUT2D eigenvalue weighted by molar-refractivity contribution is -0.144. The van der Waals surface area contributed by atoms with Gasteiger partial charge in [0.25, 0.3) is 0 Å². The molecule has 0 unspecified atom stereocenters. The molecule has 28 heavy (non-hydrogen) atoms. The monoisotopic (exact) mass is 373 g/mol. The minimum atomic E-state index is -0.303. The number of methoxy groups -OCH3 is 1. The molecule has 0 amide bonds. The molecule has 0 aliphatic carbocycles. The molecule has 4 aromatic rings. The molecule has 3 aromatic carbocycles. The van der Waals surface area contributed by atoms with Gasteiger partial charge < -0.3 is 14.0 Å². The molecular formula is C23H19NO4. The summed E-state index contributed by atoms with van der Waals surface area (Å²) in [6, 6.07) is 23.2. The highest BCUT2D eigenvalue weighted by Crippen LogP contribution is 2.25. The Labute approximate surface area is 162 Å². The first kappa shape index (κ1) is 17.8. The second kappa shape index (κ2) is 7.96. The van der Waals surface area contributed by atoms with Gasteiger partial charge in [-0.2, -0.15) is 0 Å². The molecule has 0 atom stereocenters. The summed E-state index contributed by atoms with van der Waals surface area (Å²) in [6.07, 6.45) is 0.210. The van der Waals surface area contributed by atoms with Gasteiger partial charge in [0, 0.05) is 11.6 Å². The topological polar surface area (TPSA) is 61.6 Å². The molecule has 0 radical (unpaired) electrons. The lowest BCUT2D eigenvalue weighted by atomic mass is 10.0. The van der Waals surface area contributed by atoms with E-state index in [2.05, 4.69) is 5.16 Å². The number of carbonyl (C=O) groups excluding carboxylic acids is 1. The van der Waals surface area contributed by atoms with Crippen LogP contribution in [0.4, 0.5) is 0 Å². The Morgan fingerprint density at radius 3 is 2.71 bits per heavy atom. The Hall–Kier alpha value is -3.60. The van der Waals surface area contributed by atoms with Crippen LogP contribution in [0.1, 0.15) is 11.3 Å². The average Bonchev–Trinajstić information content (AvgIpc) is 3.22. The lowest BCUT2D eigenvalue weighted by Crippen LogP contribution is -2.08. The van der Waals surface area contributed by atoms with Crippen LogP contribution < -0.4 is 4.74 Å². The Kier molecular flexibility index (Phi) is 5.06. The summed E-state index contributed by atoms with van der Waals surface area (Å²) in [5.74, 6) is 1.03. The Bertz CT molecular complexity index is 1110. The van der Waals surface area contributed by atoms with Gasteiger partial charge in [-0.05, 0) is 28.5 Å². The summed E-state index contributed by atoms with van der Waals surface area (Å²) in [7, 11) is 1.61. The highest BCUT2D eigenvalue weighted by atomic mass is 16.5. The predicted octanol–water partition coefficient (Wildman–Crippen LogP) is 4.79. The third-order valence-corrected chi connectivity index (χ3v) is 4.51. The van der Waals surface area contributed by atoms with Gasteiger partial charge in [-0.1, -0.05) is 59.8 Å². The maximum absolute atomic E-state index is 12.3. The fourth-order valence-electron chi connectivity index (χ4n) is 3.10. The zero-order valence-corrected chi connectivity index (χ0v) is 15.4. The number of rotatable bonds is 6. The summed E-state index contributed by atoms with van der Waals surface area (Å²) < 4.78 is 16.0. The van der Waals surface area contributed by atoms with Gasteiger partial charge in [0.15, 0.2) is 5.76 Å². The molecule has 0 aliphatic heterocycles. The Balaban J connectivity index is 1.40. The van der Waals surface area contributed by atoms with E-state index in [1.807, 2.05) is 66.7 Å². The summed E-state index contributed by atoms with van der Waals surface area (Å²) in [6.45, 7) is 0.0665. The number of ether oxygens (including phenoxy) is 2. The van der Waals surface area contributed by atoms with E-state index in [4.69, 9.17) is 14.0 Å². The molecule has 0 spiro atoms. The van der Waals surface area contributed by atoms with Crippen LogP contribution in [0.2, 0.25) is 0 Å². The van der Waals surface area contributed by atoms with Crippen molar-refractivity contribution in [3.8, 4) is 17.1 Å². The number of carbonyl (C=O) groups is 1. The second-order valence-electron chi connectivity index (χ2n) is 6.39. The molecule has 0 N–H and O–H groups in total. The summed E-state index contributed by atoms with van der Waals surface area (Å²) in [4.78, 5) is 12.3. The maximum Gasteiger partial charge on any atom is 0.310 e. The van der Waals surface area contributed by atoms with Crippen LogP contribution in [0.15, 0.2) is 77.3 Å². The highest BCUT2D eigenvalue weighted by Gasteiger charge is 2.12. The van der Waals surface area contributed by atoms with Gasteiger partial charge in [0.2, 0.25) is 0 Å². The molecular weight excluding hydrogens is 354 g/mol. The molecule has 0 aliphatic rings. The number of hydrogen-bond acceptors (Lipinski definition) is 5. The molecule has 0 saturated heterocycles. The van der Waals surface area contributed by atoms with Crippen molar-refractivity contribution in [3.05, 3.63) is 84.1 Å². The van der Waals surface area contributed by atoms with Crippen LogP contribution in [0.5, 0.6) is 5.75 Å². The van der Waals surface area contributed by atoms with E-state index in [0.717, 1.165) is 27.6 Å². The van der Waals surface area contributed by atoms with Gasteiger partial charge in [0.05, 0.1) is 13.5 Å². The molecule has 5 heteroatoms. The van der Waals surface area contributed by atoms with Crippen LogP contribution in [0.25, 0.3) is 22.1 Å². The van der Waals surface area contributed by atoms with Crippen LogP contribution >= 0.6 is 0 Å². The number of esters is 1. The molecule has 0 saturated carbocycles. The number of hydrogen-bond donors (Lipinski definition) is 0. The molecule has 1 heterocycles. The maximum atomic E-state index is 12.3. The molecule has 0 fully saturated rings. The first-order valence-corrected chi connectivity index (χ1v) is 8.95. The van der Waals surface area contributed by atoms with E-state index in [0.29, 0.717) is 11.5 Å². The first-order valence-electron chi connectivity index (χ1n) is 8.95. The number of fused-ring (bicyclic) bond motifs is 1. The normalized spacial score (nSPS) is 10.8. The van der Waals surface area contributed by atoms with Crippen molar-refractivity contribution in [1.29, 1.82) is 0 Å². The van der Waals surface area contributed by atoms with Crippen LogP contribution in [-0.2, 0) is 22.6 Å². The van der Waals surface area contributed by atoms with Gasteiger partial charge >= 0.3 is 5.97 Å². The Morgan fingerprint density at radius 2 is 1.82 bits per heavy atom. The number of nitrogens with zero attached hydrogens (tertiary/aromatic N) is 1. The predicted molar refractivity (Wildman–Crippen MR) is 106 cm³/mol. The van der Waals surface area contributed by atoms with E-state index >= 15 is 0 Å². The zero-order chi connectivity index (χ0) is 19.3. The highest BCUT2D eigenvalue weighted by molar-refractivity contribution is 5.88. The van der Waals surface area contributed by atoms with Gasteiger partial charge in [-0.15, -0.1) is 0 Å². The van der Waals surface area contributed by atoms with Crippen LogP contribution in [-0.4, -0.2) is 18.2 Å². The quantitative estimate of drug-likeness (QED) is 0.455. The fraction of sp³-hybridized carbons (Fsp3) is 0.130. The first-order chi connectivity index (χ1) is 13.7. The van der Waals surface area contributed by atoms with Crippen molar-refractivity contribution in [1.82, 2.24) is 5.16 Å². The van der Waals surface area contributed by atoms with Crippen molar-refractivity contribution in [2.75, 3.05) is 7.11 Å². The molecule has 4 rings (SSSR count). The van der Waals surface area contributed by atoms with Crippen LogP contribution in [0, 0.1) is 0 Å². The van der Waals surface area contributed by atoms with E-state index < -0.39 is 0 Å². The van der Waals surface area contributed by atoms with Crippen molar-refractivity contribution in [2.45, 2.75) is 13.0 Å². The van der Waals surface area contributed by atoms with Gasteiger partial charge in [0.1, 0.15) is 18.1 Å². The third kappa shape index (κ3) is 3.88. The number of aromatic nitrogens is 1. The standard InChI is InChI=1S/C23H19NO4/c1-26-20-10-5-9-18(12-20)22-14-19(24-28-22)15-27-23(25)13-17-8-4-7-16-6-2-3-11-21(16)17/h2-12,14H,13,15H2,1H3. The van der Waals surface area contributed by atoms with E-state index in [1.165, 1.54) is 0 Å². The molecule has 0 bridgehead atoms. The van der Waals surface area contributed by atoms with Crippen molar-refractivity contribution in [2.24, 2.45) is 0 Å². The SMILES string of the molecule is COc1cccc(-c2cc(COC(=O)Cc3cccc4ccccc34)no2)c1. The van der Waals surface area contributed by atoms with Gasteiger partial charge in [-0.3, -0.25) is 4.79 Å². The third-order valence-electron chi connectivity index (χ3n) is 4.51. The van der Waals surface area contributed by atoms with E-state index in [1.54, 1.807) is 13.2 Å². The Morgan fingerprint density at radius 1 is 1.00 bits per heavy atom. The van der Waals surface area contributed by atoms with Crippen molar-refractivity contribution >= 4 is 16.7 Å². The van der Waals surface area contributed by atoms with Crippen LogP contribution in [0.3, 0.4) is 0 Å². The molecule has 1 aromatic heterocycles. The fourth-order valence-corrected chi connectivity index (χ4v) is 3.10. The minimum Gasteiger partial charge on any atom is -0.497 e. The second-order valence-corrected chi connectivity index (χ2v) is 6.39. The average molecular weight is 373 g/mol. The smallest absolute Gasteiger partial charge is 0.310 e. The minimum absolute atomic E-state index is 0.0665. The van der Waals surface area contributed by atoms with Gasteiger partial charge in [-0.25, -0.2) is 0 Å². The van der Waals surface area contributed by atoms with E-state index in [9.17, 15) is 4.79 Å². The summed E-state index contributed by atoms with van der Waals surface area (Å²) in [5, 5.41) is 6.15. The van der Waals surface area contributed by atoms with Crippen molar-refractivity contribution < 1.29 is 18.8 Å². The zero-order valence-electron chi connectivity index (χ0n) is 15.4. The largest absolute Gasteiger partial charge is 0.497 e. The summed E-state index contributed by atoms with van der Waals surface area (Å²) in [5.41, 5.74) is 2.35. The van der Waals surface area contributed by atoms with E-state index in [-0.39, 0.29) is 19.0 Å².